The van der Waals surface area contributed by atoms with Gasteiger partial charge in [-0.15, -0.1) is 0 Å². The molecule has 0 aromatic heterocycles. The number of nitrogens with one attached hydrogen (secondary N) is 2. The predicted molar refractivity (Wildman–Crippen MR) is 99.9 cm³/mol. The molecule has 140 valence electrons. The summed E-state index contributed by atoms with van der Waals surface area (Å²) >= 11 is 6.18. The number of alkyl carbamates (subject to hydrolysis) is 1. The summed E-state index contributed by atoms with van der Waals surface area (Å²) in [5.41, 5.74) is 0.147. The van der Waals surface area contributed by atoms with Gasteiger partial charge in [0.25, 0.3) is 0 Å². The maximum Gasteiger partial charge on any atom is 0.408 e. The number of likely N-dealkylation sites (N-methyl/N-ethyl adjacent to an activating group) is 1. The Bertz CT molecular complexity index is 585. The Morgan fingerprint density at radius 1 is 1.24 bits per heavy atom. The van der Waals surface area contributed by atoms with Crippen molar-refractivity contribution >= 4 is 23.6 Å². The molecule has 6 nitrogen and oxygen atoms in total. The number of rotatable bonds is 7. The molecule has 1 aromatic rings. The molecule has 25 heavy (non-hydrogen) atoms. The lowest BCUT2D eigenvalue weighted by Gasteiger charge is -2.24. The van der Waals surface area contributed by atoms with Crippen LogP contribution in [0.2, 0.25) is 5.02 Å². The molecule has 0 aliphatic rings. The van der Waals surface area contributed by atoms with E-state index in [-0.39, 0.29) is 12.3 Å². The topological polar surface area (TPSA) is 70.7 Å². The predicted octanol–water partition coefficient (Wildman–Crippen LogP) is 2.45. The molecule has 0 aliphatic carbocycles. The molecule has 1 atom stereocenters. The Labute approximate surface area is 154 Å². The van der Waals surface area contributed by atoms with Crippen molar-refractivity contribution in [2.24, 2.45) is 0 Å². The fraction of sp³-hybridized carbons (Fsp3) is 0.556. The largest absolute Gasteiger partial charge is 0.444 e. The second-order valence-electron chi connectivity index (χ2n) is 7.09. The normalized spacial score (nSPS) is 12.6. The first-order valence-corrected chi connectivity index (χ1v) is 8.61. The molecule has 1 rings (SSSR count). The van der Waals surface area contributed by atoms with E-state index in [4.69, 9.17) is 16.3 Å². The zero-order valence-corrected chi connectivity index (χ0v) is 16.3. The summed E-state index contributed by atoms with van der Waals surface area (Å²) in [5.74, 6) is -0.271. The van der Waals surface area contributed by atoms with Gasteiger partial charge in [0.15, 0.2) is 0 Å². The molecule has 0 spiro atoms. The van der Waals surface area contributed by atoms with Gasteiger partial charge in [-0.05, 0) is 46.5 Å². The molecule has 0 saturated heterocycles. The molecule has 0 heterocycles. The molecule has 2 amide bonds. The summed E-state index contributed by atoms with van der Waals surface area (Å²) in [6.07, 6.45) is -0.348. The van der Waals surface area contributed by atoms with Crippen molar-refractivity contribution in [3.8, 4) is 0 Å². The lowest BCUT2D eigenvalue weighted by molar-refractivity contribution is -0.123. The highest BCUT2D eigenvalue weighted by Gasteiger charge is 2.25. The molecule has 0 unspecified atom stereocenters. The van der Waals surface area contributed by atoms with Crippen LogP contribution < -0.4 is 10.6 Å². The average molecular weight is 370 g/mol. The summed E-state index contributed by atoms with van der Waals surface area (Å²) in [7, 11) is 3.85. The highest BCUT2D eigenvalue weighted by atomic mass is 35.5. The van der Waals surface area contributed by atoms with Gasteiger partial charge in [-0.3, -0.25) is 4.79 Å². The minimum absolute atomic E-state index is 0.271. The van der Waals surface area contributed by atoms with Crippen LogP contribution in [0.25, 0.3) is 0 Å². The van der Waals surface area contributed by atoms with E-state index in [0.29, 0.717) is 18.1 Å². The molecule has 1 aromatic carbocycles. The van der Waals surface area contributed by atoms with E-state index in [9.17, 15) is 9.59 Å². The van der Waals surface area contributed by atoms with Crippen molar-refractivity contribution in [1.29, 1.82) is 0 Å². The SMILES string of the molecule is CN(C)CCNC(=O)[C@H](Cc1ccccc1Cl)NC(=O)OC(C)(C)C. The van der Waals surface area contributed by atoms with Gasteiger partial charge < -0.3 is 20.3 Å². The highest BCUT2D eigenvalue weighted by Crippen LogP contribution is 2.17. The molecule has 7 heteroatoms. The van der Waals surface area contributed by atoms with Gasteiger partial charge in [-0.2, -0.15) is 0 Å². The van der Waals surface area contributed by atoms with Crippen molar-refractivity contribution in [3.05, 3.63) is 34.9 Å². The van der Waals surface area contributed by atoms with Crippen LogP contribution in [-0.4, -0.2) is 55.7 Å². The third-order valence-electron chi connectivity index (χ3n) is 3.25. The van der Waals surface area contributed by atoms with Gasteiger partial charge >= 0.3 is 6.09 Å². The lowest BCUT2D eigenvalue weighted by Crippen LogP contribution is -2.50. The number of ether oxygens (including phenoxy) is 1. The molecular formula is C18H28ClN3O3. The van der Waals surface area contributed by atoms with Gasteiger partial charge in [0.05, 0.1) is 0 Å². The molecular weight excluding hydrogens is 342 g/mol. The maximum absolute atomic E-state index is 12.5. The molecule has 0 fully saturated rings. The highest BCUT2D eigenvalue weighted by molar-refractivity contribution is 6.31. The van der Waals surface area contributed by atoms with Crippen LogP contribution in [0.3, 0.4) is 0 Å². The Morgan fingerprint density at radius 3 is 2.44 bits per heavy atom. The Kier molecular flexibility index (Phi) is 8.19. The fourth-order valence-corrected chi connectivity index (χ4v) is 2.28. The van der Waals surface area contributed by atoms with Crippen LogP contribution in [0.4, 0.5) is 4.79 Å². The van der Waals surface area contributed by atoms with Crippen LogP contribution in [0.5, 0.6) is 0 Å². The summed E-state index contributed by atoms with van der Waals surface area (Å²) in [4.78, 5) is 26.5. The van der Waals surface area contributed by atoms with Crippen molar-refractivity contribution < 1.29 is 14.3 Å². The second-order valence-corrected chi connectivity index (χ2v) is 7.50. The number of amides is 2. The Hall–Kier alpha value is -1.79. The number of carbonyl (C=O) groups excluding carboxylic acids is 2. The van der Waals surface area contributed by atoms with Crippen molar-refractivity contribution in [2.75, 3.05) is 27.2 Å². The number of carbonyl (C=O) groups is 2. The van der Waals surface area contributed by atoms with Crippen LogP contribution in [0, 0.1) is 0 Å². The molecule has 0 saturated carbocycles. The molecule has 0 aliphatic heterocycles. The van der Waals surface area contributed by atoms with Crippen LogP contribution in [-0.2, 0) is 16.0 Å². The quantitative estimate of drug-likeness (QED) is 0.774. The number of nitrogens with zero attached hydrogens (tertiary/aromatic N) is 1. The summed E-state index contributed by atoms with van der Waals surface area (Å²) in [6.45, 7) is 6.50. The summed E-state index contributed by atoms with van der Waals surface area (Å²) in [5, 5.41) is 6.02. The Balaban J connectivity index is 2.80. The van der Waals surface area contributed by atoms with Gasteiger partial charge in [0.1, 0.15) is 11.6 Å². The second kappa shape index (κ2) is 9.63. The van der Waals surface area contributed by atoms with Gasteiger partial charge in [-0.1, -0.05) is 29.8 Å². The van der Waals surface area contributed by atoms with E-state index in [2.05, 4.69) is 10.6 Å². The Morgan fingerprint density at radius 2 is 1.88 bits per heavy atom. The van der Waals surface area contributed by atoms with Gasteiger partial charge in [-0.25, -0.2) is 4.79 Å². The van der Waals surface area contributed by atoms with E-state index in [1.54, 1.807) is 26.8 Å². The number of hydrogen-bond donors (Lipinski definition) is 2. The first-order chi connectivity index (χ1) is 11.6. The van der Waals surface area contributed by atoms with Crippen molar-refractivity contribution in [3.63, 3.8) is 0 Å². The van der Waals surface area contributed by atoms with Gasteiger partial charge in [0.2, 0.25) is 5.91 Å². The minimum Gasteiger partial charge on any atom is -0.444 e. The molecule has 0 radical (unpaired) electrons. The standard InChI is InChI=1S/C18H28ClN3O3/c1-18(2,3)25-17(24)21-15(16(23)20-10-11-22(4)5)12-13-8-6-7-9-14(13)19/h6-9,15H,10-12H2,1-5H3,(H,20,23)(H,21,24)/t15-/m0/s1. The zero-order valence-electron chi connectivity index (χ0n) is 15.6. The smallest absolute Gasteiger partial charge is 0.408 e. The summed E-state index contributed by atoms with van der Waals surface area (Å²) < 4.78 is 5.26. The van der Waals surface area contributed by atoms with Crippen LogP contribution >= 0.6 is 11.6 Å². The lowest BCUT2D eigenvalue weighted by atomic mass is 10.1. The zero-order chi connectivity index (χ0) is 19.0. The third kappa shape index (κ3) is 8.74. The number of benzene rings is 1. The monoisotopic (exact) mass is 369 g/mol. The van der Waals surface area contributed by atoms with E-state index in [1.807, 2.05) is 37.2 Å². The third-order valence-corrected chi connectivity index (χ3v) is 3.62. The number of halogens is 1. The average Bonchev–Trinajstić information content (AvgIpc) is 2.46. The first kappa shape index (κ1) is 21.3. The van der Waals surface area contributed by atoms with Crippen molar-refractivity contribution in [2.45, 2.75) is 38.8 Å². The molecule has 0 bridgehead atoms. The van der Waals surface area contributed by atoms with Crippen LogP contribution in [0.15, 0.2) is 24.3 Å². The van der Waals surface area contributed by atoms with E-state index >= 15 is 0 Å². The van der Waals surface area contributed by atoms with Gasteiger partial charge in [0, 0.05) is 24.5 Å². The fourth-order valence-electron chi connectivity index (χ4n) is 2.07. The van der Waals surface area contributed by atoms with E-state index < -0.39 is 17.7 Å². The minimum atomic E-state index is -0.767. The maximum atomic E-state index is 12.5. The van der Waals surface area contributed by atoms with Crippen LogP contribution in [0.1, 0.15) is 26.3 Å². The van der Waals surface area contributed by atoms with E-state index in [1.165, 1.54) is 0 Å². The first-order valence-electron chi connectivity index (χ1n) is 8.24. The molecule has 2 N–H and O–H groups in total. The summed E-state index contributed by atoms with van der Waals surface area (Å²) in [6, 6.07) is 6.48. The number of hydrogen-bond acceptors (Lipinski definition) is 4. The van der Waals surface area contributed by atoms with Crippen molar-refractivity contribution in [1.82, 2.24) is 15.5 Å². The van der Waals surface area contributed by atoms with E-state index in [0.717, 1.165) is 5.56 Å².